The van der Waals surface area contributed by atoms with E-state index >= 15 is 0 Å². The van der Waals surface area contributed by atoms with Crippen molar-refractivity contribution in [3.8, 4) is 0 Å². The van der Waals surface area contributed by atoms with Crippen LogP contribution in [0.25, 0.3) is 0 Å². The third-order valence-electron chi connectivity index (χ3n) is 2.51. The van der Waals surface area contributed by atoms with Crippen LogP contribution >= 0.6 is 11.6 Å². The third kappa shape index (κ3) is 3.54. The summed E-state index contributed by atoms with van der Waals surface area (Å²) < 4.78 is 50.5. The SMILES string of the molecule is CC/C(F)=C(/O)CC(Cl)C(C)(C)C(F)(F)F. The van der Waals surface area contributed by atoms with Crippen LogP contribution in [0.2, 0.25) is 0 Å². The Labute approximate surface area is 97.1 Å². The number of aliphatic hydroxyl groups excluding tert-OH is 1. The van der Waals surface area contributed by atoms with Crippen molar-refractivity contribution >= 4 is 11.6 Å². The van der Waals surface area contributed by atoms with Crippen molar-refractivity contribution in [2.45, 2.75) is 45.2 Å². The topological polar surface area (TPSA) is 20.2 Å². The maximum atomic E-state index is 12.9. The fourth-order valence-electron chi connectivity index (χ4n) is 0.917. The molecule has 0 aliphatic heterocycles. The fraction of sp³-hybridized carbons (Fsp3) is 0.800. The number of rotatable bonds is 4. The minimum atomic E-state index is -4.50. The van der Waals surface area contributed by atoms with E-state index in [9.17, 15) is 22.7 Å². The Bertz CT molecular complexity index is 270. The molecule has 0 aromatic heterocycles. The summed E-state index contributed by atoms with van der Waals surface area (Å²) >= 11 is 5.57. The van der Waals surface area contributed by atoms with Crippen molar-refractivity contribution in [2.75, 3.05) is 0 Å². The van der Waals surface area contributed by atoms with Gasteiger partial charge in [-0.25, -0.2) is 4.39 Å². The summed E-state index contributed by atoms with van der Waals surface area (Å²) in [6, 6.07) is 0. The predicted molar refractivity (Wildman–Crippen MR) is 55.1 cm³/mol. The van der Waals surface area contributed by atoms with Crippen LogP contribution in [0.4, 0.5) is 17.6 Å². The molecular formula is C10H15ClF4O. The average molecular weight is 263 g/mol. The molecule has 0 radical (unpaired) electrons. The summed E-state index contributed by atoms with van der Waals surface area (Å²) in [7, 11) is 0. The van der Waals surface area contributed by atoms with Gasteiger partial charge in [-0.1, -0.05) is 6.92 Å². The van der Waals surface area contributed by atoms with Gasteiger partial charge >= 0.3 is 6.18 Å². The van der Waals surface area contributed by atoms with Crippen LogP contribution in [0.1, 0.15) is 33.6 Å². The first-order valence-electron chi connectivity index (χ1n) is 4.81. The van der Waals surface area contributed by atoms with E-state index in [1.807, 2.05) is 0 Å². The summed E-state index contributed by atoms with van der Waals surface area (Å²) in [5, 5.41) is 7.76. The molecule has 1 unspecified atom stereocenters. The van der Waals surface area contributed by atoms with Crippen molar-refractivity contribution in [2.24, 2.45) is 5.41 Å². The molecule has 0 aromatic rings. The lowest BCUT2D eigenvalue weighted by atomic mass is 9.86. The standard InChI is InChI=1S/C10H15ClF4O/c1-4-6(12)7(16)5-8(11)9(2,3)10(13,14)15/h8,16H,4-5H2,1-3H3/b7-6-. The Balaban J connectivity index is 4.78. The number of hydrogen-bond acceptors (Lipinski definition) is 1. The van der Waals surface area contributed by atoms with Gasteiger partial charge in [0.05, 0.1) is 10.8 Å². The van der Waals surface area contributed by atoms with E-state index in [1.54, 1.807) is 0 Å². The zero-order chi connectivity index (χ0) is 13.1. The lowest BCUT2D eigenvalue weighted by Crippen LogP contribution is -2.40. The molecule has 0 rings (SSSR count). The molecule has 0 aromatic carbocycles. The molecule has 0 aliphatic rings. The third-order valence-corrected chi connectivity index (χ3v) is 3.21. The first-order chi connectivity index (χ1) is 7.04. The Hall–Kier alpha value is -0.450. The normalized spacial score (nSPS) is 17.0. The van der Waals surface area contributed by atoms with Crippen LogP contribution in [-0.2, 0) is 0 Å². The number of allylic oxidation sites excluding steroid dienone is 2. The molecule has 1 atom stereocenters. The number of halogens is 5. The van der Waals surface area contributed by atoms with E-state index < -0.39 is 35.0 Å². The molecular weight excluding hydrogens is 248 g/mol. The molecule has 0 amide bonds. The second kappa shape index (κ2) is 5.25. The van der Waals surface area contributed by atoms with Crippen LogP contribution in [0.15, 0.2) is 11.6 Å². The second-order valence-electron chi connectivity index (χ2n) is 4.10. The summed E-state index contributed by atoms with van der Waals surface area (Å²) in [5.74, 6) is -1.54. The van der Waals surface area contributed by atoms with Gasteiger partial charge in [-0.3, -0.25) is 0 Å². The van der Waals surface area contributed by atoms with E-state index in [4.69, 9.17) is 11.6 Å². The van der Waals surface area contributed by atoms with Crippen LogP contribution in [0.3, 0.4) is 0 Å². The molecule has 0 bridgehead atoms. The highest BCUT2D eigenvalue weighted by Gasteiger charge is 2.52. The van der Waals surface area contributed by atoms with E-state index in [-0.39, 0.29) is 6.42 Å². The van der Waals surface area contributed by atoms with E-state index in [1.165, 1.54) is 6.92 Å². The molecule has 0 heterocycles. The van der Waals surface area contributed by atoms with Gasteiger partial charge in [0.2, 0.25) is 0 Å². The molecule has 0 spiro atoms. The number of aliphatic hydroxyl groups is 1. The Kier molecular flexibility index (Phi) is 5.11. The molecule has 16 heavy (non-hydrogen) atoms. The van der Waals surface area contributed by atoms with Crippen molar-refractivity contribution in [1.29, 1.82) is 0 Å². The molecule has 0 saturated carbocycles. The maximum absolute atomic E-state index is 12.9. The minimum absolute atomic E-state index is 0.0676. The lowest BCUT2D eigenvalue weighted by molar-refractivity contribution is -0.212. The highest BCUT2D eigenvalue weighted by molar-refractivity contribution is 6.21. The van der Waals surface area contributed by atoms with Crippen LogP contribution in [-0.4, -0.2) is 16.7 Å². The van der Waals surface area contributed by atoms with Crippen molar-refractivity contribution in [3.05, 3.63) is 11.6 Å². The van der Waals surface area contributed by atoms with E-state index in [2.05, 4.69) is 0 Å². The fourth-order valence-corrected chi connectivity index (χ4v) is 1.19. The molecule has 0 saturated heterocycles. The predicted octanol–water partition coefficient (Wildman–Crippen LogP) is 4.72. The highest BCUT2D eigenvalue weighted by atomic mass is 35.5. The van der Waals surface area contributed by atoms with Crippen molar-refractivity contribution < 1.29 is 22.7 Å². The molecule has 0 aliphatic carbocycles. The molecule has 96 valence electrons. The van der Waals surface area contributed by atoms with Gasteiger partial charge in [0.25, 0.3) is 0 Å². The number of hydrogen-bond donors (Lipinski definition) is 1. The molecule has 0 fully saturated rings. The van der Waals surface area contributed by atoms with Gasteiger partial charge in [0, 0.05) is 6.42 Å². The Morgan fingerprint density at radius 1 is 1.31 bits per heavy atom. The molecule has 1 N–H and O–H groups in total. The van der Waals surface area contributed by atoms with Gasteiger partial charge in [-0.05, 0) is 20.3 Å². The summed E-state index contributed by atoms with van der Waals surface area (Å²) in [6.07, 6.45) is -5.10. The Morgan fingerprint density at radius 2 is 1.75 bits per heavy atom. The van der Waals surface area contributed by atoms with Gasteiger partial charge in [-0.15, -0.1) is 11.6 Å². The average Bonchev–Trinajstić information content (AvgIpc) is 2.14. The summed E-state index contributed by atoms with van der Waals surface area (Å²) in [5.41, 5.74) is -2.18. The number of alkyl halides is 4. The van der Waals surface area contributed by atoms with Crippen LogP contribution in [0.5, 0.6) is 0 Å². The zero-order valence-electron chi connectivity index (χ0n) is 9.33. The van der Waals surface area contributed by atoms with Gasteiger partial charge < -0.3 is 5.11 Å². The zero-order valence-corrected chi connectivity index (χ0v) is 10.1. The van der Waals surface area contributed by atoms with Gasteiger partial charge in [-0.2, -0.15) is 13.2 Å². The first kappa shape index (κ1) is 15.6. The Morgan fingerprint density at radius 3 is 2.06 bits per heavy atom. The molecule has 1 nitrogen and oxygen atoms in total. The minimum Gasteiger partial charge on any atom is -0.510 e. The summed E-state index contributed by atoms with van der Waals surface area (Å²) in [4.78, 5) is 0. The van der Waals surface area contributed by atoms with Crippen molar-refractivity contribution in [1.82, 2.24) is 0 Å². The molecule has 6 heteroatoms. The van der Waals surface area contributed by atoms with E-state index in [0.29, 0.717) is 0 Å². The quantitative estimate of drug-likeness (QED) is 0.441. The second-order valence-corrected chi connectivity index (χ2v) is 4.62. The van der Waals surface area contributed by atoms with Crippen LogP contribution in [0, 0.1) is 5.41 Å². The van der Waals surface area contributed by atoms with Gasteiger partial charge in [0.15, 0.2) is 0 Å². The smallest absolute Gasteiger partial charge is 0.395 e. The van der Waals surface area contributed by atoms with Gasteiger partial charge in [0.1, 0.15) is 11.6 Å². The first-order valence-corrected chi connectivity index (χ1v) is 5.25. The van der Waals surface area contributed by atoms with E-state index in [0.717, 1.165) is 13.8 Å². The largest absolute Gasteiger partial charge is 0.510 e. The monoisotopic (exact) mass is 262 g/mol. The summed E-state index contributed by atoms with van der Waals surface area (Å²) in [6.45, 7) is 3.29. The van der Waals surface area contributed by atoms with Crippen LogP contribution < -0.4 is 0 Å². The lowest BCUT2D eigenvalue weighted by Gasteiger charge is -2.32. The van der Waals surface area contributed by atoms with Crippen molar-refractivity contribution in [3.63, 3.8) is 0 Å². The highest BCUT2D eigenvalue weighted by Crippen LogP contribution is 2.44. The maximum Gasteiger partial charge on any atom is 0.395 e.